The molecule has 1 amide bonds. The quantitative estimate of drug-likeness (QED) is 0.494. The van der Waals surface area contributed by atoms with E-state index in [1.165, 1.54) is 48.3 Å². The predicted molar refractivity (Wildman–Crippen MR) is 136 cm³/mol. The maximum atomic E-state index is 13.0. The van der Waals surface area contributed by atoms with Gasteiger partial charge in [-0.2, -0.15) is 0 Å². The molecule has 33 heavy (non-hydrogen) atoms. The molecule has 172 valence electrons. The van der Waals surface area contributed by atoms with Gasteiger partial charge in [-0.3, -0.25) is 4.79 Å². The van der Waals surface area contributed by atoms with Crippen LogP contribution in [0.3, 0.4) is 0 Å². The maximum Gasteiger partial charge on any atom is 0.263 e. The van der Waals surface area contributed by atoms with Crippen LogP contribution in [0.25, 0.3) is 10.2 Å². The topological polar surface area (TPSA) is 69.3 Å². The standard InChI is InChI=1S/C26H31N5OS/c1-27-23-21-10-11-22(17-4-5-17)30-26(21)33-24(23)25(32)28-13-12-16-2-8-20(9-3-16)31-14-18-6-7-19(15-31)29-18/h2-3,8-11,17-19,27,29H,4-7,12-15H2,1H3,(H,28,32)/t18-,19?/m0/s1. The lowest BCUT2D eigenvalue weighted by Crippen LogP contribution is -2.51. The lowest BCUT2D eigenvalue weighted by molar-refractivity contribution is 0.0959. The van der Waals surface area contributed by atoms with Crippen LogP contribution in [0.5, 0.6) is 0 Å². The van der Waals surface area contributed by atoms with Crippen LogP contribution in [0.4, 0.5) is 11.4 Å². The fourth-order valence-electron chi connectivity index (χ4n) is 5.29. The minimum Gasteiger partial charge on any atom is -0.386 e. The molecule has 7 heteroatoms. The van der Waals surface area contributed by atoms with Crippen molar-refractivity contribution in [2.24, 2.45) is 0 Å². The summed E-state index contributed by atoms with van der Waals surface area (Å²) in [5.74, 6) is 0.586. The van der Waals surface area contributed by atoms with Gasteiger partial charge in [0.05, 0.1) is 5.69 Å². The molecule has 0 radical (unpaired) electrons. The van der Waals surface area contributed by atoms with Gasteiger partial charge in [-0.15, -0.1) is 11.3 Å². The molecule has 3 fully saturated rings. The zero-order chi connectivity index (χ0) is 22.4. The molecule has 1 unspecified atom stereocenters. The number of aromatic nitrogens is 1. The average Bonchev–Trinajstić information content (AvgIpc) is 3.55. The molecular weight excluding hydrogens is 430 g/mol. The van der Waals surface area contributed by atoms with Crippen molar-refractivity contribution in [3.05, 3.63) is 52.5 Å². The van der Waals surface area contributed by atoms with Crippen LogP contribution in [0.15, 0.2) is 36.4 Å². The highest BCUT2D eigenvalue weighted by molar-refractivity contribution is 7.21. The van der Waals surface area contributed by atoms with E-state index >= 15 is 0 Å². The molecule has 6 nitrogen and oxygen atoms in total. The van der Waals surface area contributed by atoms with E-state index < -0.39 is 0 Å². The van der Waals surface area contributed by atoms with E-state index in [-0.39, 0.29) is 5.91 Å². The molecule has 2 bridgehead atoms. The van der Waals surface area contributed by atoms with Gasteiger partial charge in [0.1, 0.15) is 9.71 Å². The molecule has 2 aromatic heterocycles. The van der Waals surface area contributed by atoms with Crippen molar-refractivity contribution < 1.29 is 4.79 Å². The number of fused-ring (bicyclic) bond motifs is 3. The van der Waals surface area contributed by atoms with E-state index in [1.807, 2.05) is 7.05 Å². The van der Waals surface area contributed by atoms with Gasteiger partial charge in [0.25, 0.3) is 5.91 Å². The number of hydrogen-bond acceptors (Lipinski definition) is 6. The third-order valence-corrected chi connectivity index (χ3v) is 8.34. The maximum absolute atomic E-state index is 13.0. The van der Waals surface area contributed by atoms with Crippen LogP contribution in [0.2, 0.25) is 0 Å². The summed E-state index contributed by atoms with van der Waals surface area (Å²) in [6.07, 6.45) is 5.88. The van der Waals surface area contributed by atoms with Gasteiger partial charge in [0.15, 0.2) is 0 Å². The zero-order valence-electron chi connectivity index (χ0n) is 19.1. The highest BCUT2D eigenvalue weighted by Gasteiger charge is 2.32. The summed E-state index contributed by atoms with van der Waals surface area (Å²) in [5.41, 5.74) is 4.60. The molecule has 2 aliphatic heterocycles. The van der Waals surface area contributed by atoms with Crippen LogP contribution in [0, 0.1) is 0 Å². The summed E-state index contributed by atoms with van der Waals surface area (Å²) in [5, 5.41) is 11.1. The van der Waals surface area contributed by atoms with Crippen LogP contribution < -0.4 is 20.9 Å². The number of anilines is 2. The summed E-state index contributed by atoms with van der Waals surface area (Å²) in [7, 11) is 1.87. The second kappa shape index (κ2) is 8.61. The second-order valence-corrected chi connectivity index (χ2v) is 10.6. The van der Waals surface area contributed by atoms with Crippen LogP contribution >= 0.6 is 11.3 Å². The summed E-state index contributed by atoms with van der Waals surface area (Å²) < 4.78 is 0. The van der Waals surface area contributed by atoms with E-state index in [2.05, 4.69) is 57.2 Å². The van der Waals surface area contributed by atoms with Crippen LogP contribution in [0.1, 0.15) is 52.5 Å². The minimum atomic E-state index is -0.0248. The highest BCUT2D eigenvalue weighted by atomic mass is 32.1. The first-order valence-corrected chi connectivity index (χ1v) is 13.0. The summed E-state index contributed by atoms with van der Waals surface area (Å²) in [6, 6.07) is 14.4. The lowest BCUT2D eigenvalue weighted by Gasteiger charge is -2.34. The predicted octanol–water partition coefficient (Wildman–Crippen LogP) is 4.13. The SMILES string of the molecule is CNc1c(C(=O)NCCc2ccc(N3CC4CC[C@@H](C3)N4)cc2)sc2nc(C3CC3)ccc12. The second-order valence-electron chi connectivity index (χ2n) is 9.63. The Labute approximate surface area is 198 Å². The summed E-state index contributed by atoms with van der Waals surface area (Å²) >= 11 is 1.49. The molecule has 2 atom stereocenters. The number of nitrogens with zero attached hydrogens (tertiary/aromatic N) is 2. The number of benzene rings is 1. The van der Waals surface area contributed by atoms with Crippen molar-refractivity contribution in [3.8, 4) is 0 Å². The van der Waals surface area contributed by atoms with E-state index in [9.17, 15) is 4.79 Å². The largest absolute Gasteiger partial charge is 0.386 e. The molecule has 6 rings (SSSR count). The van der Waals surface area contributed by atoms with Gasteiger partial charge in [-0.05, 0) is 61.9 Å². The Hall–Kier alpha value is -2.64. The smallest absolute Gasteiger partial charge is 0.263 e. The third-order valence-electron chi connectivity index (χ3n) is 7.25. The van der Waals surface area contributed by atoms with Gasteiger partial charge < -0.3 is 20.9 Å². The van der Waals surface area contributed by atoms with E-state index in [1.54, 1.807) is 0 Å². The molecular formula is C26H31N5OS. The fraction of sp³-hybridized carbons (Fsp3) is 0.462. The first kappa shape index (κ1) is 20.9. The number of carbonyl (C=O) groups excluding carboxylic acids is 1. The molecule has 3 N–H and O–H groups in total. The molecule has 2 saturated heterocycles. The third kappa shape index (κ3) is 4.20. The van der Waals surface area contributed by atoms with Crippen molar-refractivity contribution in [3.63, 3.8) is 0 Å². The Kier molecular flexibility index (Phi) is 5.46. The monoisotopic (exact) mass is 461 g/mol. The lowest BCUT2D eigenvalue weighted by atomic mass is 10.1. The molecule has 1 aliphatic carbocycles. The number of nitrogens with one attached hydrogen (secondary N) is 3. The van der Waals surface area contributed by atoms with E-state index in [0.29, 0.717) is 24.5 Å². The van der Waals surface area contributed by atoms with Crippen LogP contribution in [-0.4, -0.2) is 49.7 Å². The number of thiophene rings is 1. The minimum absolute atomic E-state index is 0.0248. The zero-order valence-corrected chi connectivity index (χ0v) is 19.9. The van der Waals surface area contributed by atoms with Gasteiger partial charge in [-0.1, -0.05) is 12.1 Å². The first-order chi connectivity index (χ1) is 16.2. The van der Waals surface area contributed by atoms with Crippen molar-refractivity contribution in [2.75, 3.05) is 36.9 Å². The van der Waals surface area contributed by atoms with Gasteiger partial charge in [-0.25, -0.2) is 4.98 Å². The van der Waals surface area contributed by atoms with Crippen LogP contribution in [-0.2, 0) is 6.42 Å². The van der Waals surface area contributed by atoms with E-state index in [0.717, 1.165) is 46.0 Å². The van der Waals surface area contributed by atoms with Gasteiger partial charge in [0.2, 0.25) is 0 Å². The van der Waals surface area contributed by atoms with Gasteiger partial charge >= 0.3 is 0 Å². The number of rotatable bonds is 7. The molecule has 0 spiro atoms. The fourth-order valence-corrected chi connectivity index (χ4v) is 6.39. The Morgan fingerprint density at radius 2 is 1.85 bits per heavy atom. The molecule has 1 saturated carbocycles. The number of pyridine rings is 1. The van der Waals surface area contributed by atoms with Crippen molar-refractivity contribution >= 4 is 38.8 Å². The Morgan fingerprint density at radius 1 is 1.09 bits per heavy atom. The molecule has 4 heterocycles. The molecule has 3 aromatic rings. The highest BCUT2D eigenvalue weighted by Crippen LogP contribution is 2.42. The van der Waals surface area contributed by atoms with E-state index in [4.69, 9.17) is 4.98 Å². The average molecular weight is 462 g/mol. The first-order valence-electron chi connectivity index (χ1n) is 12.2. The van der Waals surface area contributed by atoms with Gasteiger partial charge in [0, 0.05) is 61.5 Å². The number of hydrogen-bond donors (Lipinski definition) is 3. The van der Waals surface area contributed by atoms with Crippen molar-refractivity contribution in [2.45, 2.75) is 50.1 Å². The number of amides is 1. The Balaban J connectivity index is 1.08. The van der Waals surface area contributed by atoms with Crippen molar-refractivity contribution in [1.82, 2.24) is 15.6 Å². The number of piperazine rings is 1. The Bertz CT molecular complexity index is 1160. The normalized spacial score (nSPS) is 22.0. The Morgan fingerprint density at radius 3 is 2.55 bits per heavy atom. The molecule has 3 aliphatic rings. The summed E-state index contributed by atoms with van der Waals surface area (Å²) in [4.78, 5) is 22.0. The van der Waals surface area contributed by atoms with Crippen molar-refractivity contribution in [1.29, 1.82) is 0 Å². The molecule has 1 aromatic carbocycles. The number of carbonyl (C=O) groups is 1. The summed E-state index contributed by atoms with van der Waals surface area (Å²) in [6.45, 7) is 2.83.